The first-order chi connectivity index (χ1) is 2.50. The van der Waals surface area contributed by atoms with E-state index in [-0.39, 0.29) is 0 Å². The van der Waals surface area contributed by atoms with Gasteiger partial charge in [0.2, 0.25) is 0 Å². The molecule has 28 valence electrons. The Bertz CT molecular complexity index is 47.6. The van der Waals surface area contributed by atoms with Crippen molar-refractivity contribution in [2.75, 3.05) is 6.61 Å². The van der Waals surface area contributed by atoms with Crippen LogP contribution in [0.1, 0.15) is 0 Å². The van der Waals surface area contributed by atoms with Gasteiger partial charge in [-0.2, -0.15) is 5.25 Å². The molecule has 0 amide bonds. The Balaban J connectivity index is 2.32. The van der Waals surface area contributed by atoms with E-state index in [1.807, 2.05) is 5.80 Å². The molecule has 0 fully saturated rings. The average molecular weight is 89.0 g/mol. The molecule has 0 aromatic heterocycles. The van der Waals surface area contributed by atoms with Crippen molar-refractivity contribution in [1.29, 1.82) is 0 Å². The molecule has 0 aliphatic carbocycles. The molecule has 0 unspecified atom stereocenters. The van der Waals surface area contributed by atoms with Crippen molar-refractivity contribution in [1.82, 2.24) is 5.25 Å². The summed E-state index contributed by atoms with van der Waals surface area (Å²) in [4.78, 5) is 4.63. The normalized spacial score (nSPS) is 24.0. The molecule has 0 saturated heterocycles. The molecule has 1 aliphatic rings. The Morgan fingerprint density at radius 2 is 3.00 bits per heavy atom. The van der Waals surface area contributed by atoms with E-state index in [1.54, 1.807) is 0 Å². The highest BCUT2D eigenvalue weighted by molar-refractivity contribution is 7.36. The van der Waals surface area contributed by atoms with Crippen molar-refractivity contribution in [3.63, 3.8) is 0 Å². The van der Waals surface area contributed by atoms with E-state index in [2.05, 4.69) is 10.1 Å². The van der Waals surface area contributed by atoms with Crippen molar-refractivity contribution in [2.45, 2.75) is 0 Å². The van der Waals surface area contributed by atoms with E-state index in [1.165, 1.54) is 0 Å². The molecular formula is C2H4NOP. The minimum Gasteiger partial charge on any atom is -0.289 e. The third-order valence-electron chi connectivity index (χ3n) is 0.366. The molecule has 0 radical (unpaired) electrons. The van der Waals surface area contributed by atoms with Crippen LogP contribution < -0.4 is 5.25 Å². The van der Waals surface area contributed by atoms with Crippen LogP contribution >= 0.6 is 8.35 Å². The van der Waals surface area contributed by atoms with E-state index in [9.17, 15) is 0 Å². The molecule has 1 heterocycles. The molecular weight excluding hydrogens is 85.0 g/mol. The van der Waals surface area contributed by atoms with Crippen molar-refractivity contribution < 1.29 is 4.84 Å². The van der Waals surface area contributed by atoms with Gasteiger partial charge >= 0.3 is 0 Å². The lowest BCUT2D eigenvalue weighted by Crippen LogP contribution is -1.92. The fourth-order valence-electron chi connectivity index (χ4n) is 0.186. The summed E-state index contributed by atoms with van der Waals surface area (Å²) >= 11 is 0. The van der Waals surface area contributed by atoms with E-state index in [0.29, 0.717) is 0 Å². The van der Waals surface area contributed by atoms with Gasteiger partial charge < -0.3 is 0 Å². The maximum Gasteiger partial charge on any atom is 0.0926 e. The summed E-state index contributed by atoms with van der Waals surface area (Å²) in [5.41, 5.74) is 0. The second kappa shape index (κ2) is 1.51. The van der Waals surface area contributed by atoms with Crippen LogP contribution in [0.4, 0.5) is 0 Å². The van der Waals surface area contributed by atoms with Crippen LogP contribution in [0.15, 0.2) is 0 Å². The topological polar surface area (TPSA) is 21.3 Å². The van der Waals surface area contributed by atoms with Crippen LogP contribution in [0.25, 0.3) is 0 Å². The van der Waals surface area contributed by atoms with Gasteiger partial charge in [0.1, 0.15) is 0 Å². The Labute approximate surface area is 31.9 Å². The Morgan fingerprint density at radius 3 is 3.20 bits per heavy atom. The lowest BCUT2D eigenvalue weighted by molar-refractivity contribution is 0.146. The van der Waals surface area contributed by atoms with Gasteiger partial charge in [0.15, 0.2) is 0 Å². The summed E-state index contributed by atoms with van der Waals surface area (Å²) in [5.74, 6) is 2.00. The van der Waals surface area contributed by atoms with Crippen LogP contribution in [0.5, 0.6) is 0 Å². The van der Waals surface area contributed by atoms with Crippen molar-refractivity contribution >= 4 is 14.2 Å². The van der Waals surface area contributed by atoms with Crippen molar-refractivity contribution in [2.24, 2.45) is 0 Å². The first-order valence-corrected chi connectivity index (χ1v) is 2.35. The Kier molecular flexibility index (Phi) is 0.991. The van der Waals surface area contributed by atoms with E-state index < -0.39 is 0 Å². The molecule has 1 N–H and O–H groups in total. The van der Waals surface area contributed by atoms with Gasteiger partial charge in [0, 0.05) is 8.35 Å². The molecule has 0 atom stereocenters. The molecule has 3 heteroatoms. The first kappa shape index (κ1) is 3.29. The third-order valence-corrected chi connectivity index (χ3v) is 0.933. The quantitative estimate of drug-likeness (QED) is 0.427. The van der Waals surface area contributed by atoms with Crippen LogP contribution in [-0.2, 0) is 4.84 Å². The average Bonchev–Trinajstić information content (AvgIpc) is 1.76. The van der Waals surface area contributed by atoms with Crippen LogP contribution in [0.2, 0.25) is 0 Å². The highest BCUT2D eigenvalue weighted by Gasteiger charge is 1.82. The zero-order valence-electron chi connectivity index (χ0n) is 2.64. The zero-order valence-corrected chi connectivity index (χ0v) is 3.53. The minimum atomic E-state index is 0.752. The van der Waals surface area contributed by atoms with Crippen LogP contribution in [-0.4, -0.2) is 12.4 Å². The van der Waals surface area contributed by atoms with Gasteiger partial charge in [0.05, 0.1) is 6.61 Å². The van der Waals surface area contributed by atoms with E-state index >= 15 is 0 Å². The monoisotopic (exact) mass is 89.0 g/mol. The van der Waals surface area contributed by atoms with Crippen LogP contribution in [0.3, 0.4) is 0 Å². The van der Waals surface area contributed by atoms with E-state index in [4.69, 9.17) is 0 Å². The molecule has 1 rings (SSSR count). The smallest absolute Gasteiger partial charge is 0.0926 e. The summed E-state index contributed by atoms with van der Waals surface area (Å²) in [6, 6.07) is 0. The maximum absolute atomic E-state index is 4.63. The zero-order chi connectivity index (χ0) is 3.54. The number of hydrogen-bond acceptors (Lipinski definition) is 2. The molecule has 0 aromatic rings. The van der Waals surface area contributed by atoms with Gasteiger partial charge in [-0.25, -0.2) is 0 Å². The Hall–Kier alpha value is 0.0900. The van der Waals surface area contributed by atoms with E-state index in [0.717, 1.165) is 15.0 Å². The fourth-order valence-corrected chi connectivity index (χ4v) is 0.559. The largest absolute Gasteiger partial charge is 0.289 e. The predicted octanol–water partition coefficient (Wildman–Crippen LogP) is 0.185. The molecule has 0 bridgehead atoms. The van der Waals surface area contributed by atoms with Crippen molar-refractivity contribution in [3.05, 3.63) is 0 Å². The molecule has 5 heavy (non-hydrogen) atoms. The fraction of sp³-hybridized carbons (Fsp3) is 0.500. The molecule has 2 nitrogen and oxygen atoms in total. The van der Waals surface area contributed by atoms with Gasteiger partial charge in [-0.3, -0.25) is 4.84 Å². The SMILES string of the molecule is C1=PNOC1. The molecule has 0 aromatic carbocycles. The van der Waals surface area contributed by atoms with Crippen molar-refractivity contribution in [3.8, 4) is 0 Å². The predicted molar refractivity (Wildman–Crippen MR) is 22.1 cm³/mol. The molecule has 0 spiro atoms. The second-order valence-electron chi connectivity index (χ2n) is 0.714. The third kappa shape index (κ3) is 0.690. The lowest BCUT2D eigenvalue weighted by atomic mass is 10.9. The van der Waals surface area contributed by atoms with Crippen LogP contribution in [0, 0.1) is 0 Å². The van der Waals surface area contributed by atoms with Gasteiger partial charge in [-0.15, -0.1) is 0 Å². The summed E-state index contributed by atoms with van der Waals surface area (Å²) in [6.45, 7) is 0.752. The number of nitrogens with one attached hydrogen (secondary N) is 1. The standard InChI is InChI=1S/C2H4NOP/c1-2-5-3-4-1/h2-3H,1H2. The summed E-state index contributed by atoms with van der Waals surface area (Å²) < 4.78 is 0. The second-order valence-corrected chi connectivity index (χ2v) is 1.52. The summed E-state index contributed by atoms with van der Waals surface area (Å²) in [6.07, 6.45) is 0. The Morgan fingerprint density at radius 1 is 2.00 bits per heavy atom. The molecule has 1 aliphatic heterocycles. The summed E-state index contributed by atoms with van der Waals surface area (Å²) in [5, 5.41) is 2.64. The minimum absolute atomic E-state index is 0.752. The molecule has 0 saturated carbocycles. The van der Waals surface area contributed by atoms with Gasteiger partial charge in [-0.1, -0.05) is 0 Å². The number of hydrogen-bond donors (Lipinski definition) is 1. The maximum atomic E-state index is 4.63. The lowest BCUT2D eigenvalue weighted by Gasteiger charge is -1.78. The highest BCUT2D eigenvalue weighted by atomic mass is 31.1. The summed E-state index contributed by atoms with van der Waals surface area (Å²) in [7, 11) is 1.09. The van der Waals surface area contributed by atoms with Gasteiger partial charge in [0.25, 0.3) is 0 Å². The van der Waals surface area contributed by atoms with Gasteiger partial charge in [-0.05, 0) is 5.80 Å². The number of rotatable bonds is 0. The highest BCUT2D eigenvalue weighted by Crippen LogP contribution is 1.89. The first-order valence-electron chi connectivity index (χ1n) is 1.38.